The zero-order valence-corrected chi connectivity index (χ0v) is 10.9. The lowest BCUT2D eigenvalue weighted by atomic mass is 9.92. The Balaban J connectivity index is 3.89. The maximum atomic E-state index is 11.7. The minimum atomic E-state index is -0.743. The number of nitrogens with one attached hydrogen (secondary N) is 1. The van der Waals surface area contributed by atoms with E-state index in [0.29, 0.717) is 12.5 Å². The van der Waals surface area contributed by atoms with Gasteiger partial charge in [0.2, 0.25) is 5.91 Å². The third kappa shape index (κ3) is 5.11. The fraction of sp³-hybridized carbons (Fsp3) is 0.818. The average molecular weight is 230 g/mol. The molecule has 0 radical (unpaired) electrons. The Hall–Kier alpha value is -0.640. The standard InChI is InChI=1S/C11H22N2OS/c1-8(2)6-5-7-13-10(14)11(3,4)9(12)15/h8H,5-7H2,1-4H3,(H2,12,15)(H,13,14). The molecule has 0 unspecified atom stereocenters. The Bertz CT molecular complexity index is 237. The zero-order chi connectivity index (χ0) is 12.1. The van der Waals surface area contributed by atoms with E-state index < -0.39 is 5.41 Å². The Kier molecular flexibility index (Phi) is 5.80. The molecule has 4 heteroatoms. The van der Waals surface area contributed by atoms with Gasteiger partial charge in [0.1, 0.15) is 0 Å². The van der Waals surface area contributed by atoms with Crippen molar-refractivity contribution >= 4 is 23.1 Å². The second-order valence-electron chi connectivity index (χ2n) is 4.78. The molecule has 3 nitrogen and oxygen atoms in total. The van der Waals surface area contributed by atoms with Gasteiger partial charge in [0.25, 0.3) is 0 Å². The molecule has 0 rings (SSSR count). The molecule has 0 aliphatic carbocycles. The summed E-state index contributed by atoms with van der Waals surface area (Å²) in [6.07, 6.45) is 2.12. The van der Waals surface area contributed by atoms with Gasteiger partial charge in [-0.25, -0.2) is 0 Å². The average Bonchev–Trinajstić information content (AvgIpc) is 2.11. The first-order chi connectivity index (χ1) is 6.78. The Morgan fingerprint density at radius 2 is 2.00 bits per heavy atom. The van der Waals surface area contributed by atoms with Crippen molar-refractivity contribution in [1.29, 1.82) is 0 Å². The SMILES string of the molecule is CC(C)CCCNC(=O)C(C)(C)C(N)=S. The molecule has 0 saturated heterocycles. The summed E-state index contributed by atoms with van der Waals surface area (Å²) in [6.45, 7) is 8.52. The van der Waals surface area contributed by atoms with Gasteiger partial charge in [0, 0.05) is 6.54 Å². The molecule has 0 aliphatic rings. The molecule has 0 aromatic carbocycles. The van der Waals surface area contributed by atoms with Gasteiger partial charge in [-0.2, -0.15) is 0 Å². The van der Waals surface area contributed by atoms with Crippen molar-refractivity contribution < 1.29 is 4.79 Å². The number of amides is 1. The van der Waals surface area contributed by atoms with Gasteiger partial charge in [-0.15, -0.1) is 0 Å². The monoisotopic (exact) mass is 230 g/mol. The molecule has 0 aliphatic heterocycles. The maximum Gasteiger partial charge on any atom is 0.232 e. The van der Waals surface area contributed by atoms with Gasteiger partial charge < -0.3 is 11.1 Å². The molecular weight excluding hydrogens is 208 g/mol. The summed E-state index contributed by atoms with van der Waals surface area (Å²) < 4.78 is 0. The van der Waals surface area contributed by atoms with Crippen molar-refractivity contribution in [3.05, 3.63) is 0 Å². The maximum absolute atomic E-state index is 11.7. The lowest BCUT2D eigenvalue weighted by Crippen LogP contribution is -2.45. The highest BCUT2D eigenvalue weighted by atomic mass is 32.1. The van der Waals surface area contributed by atoms with E-state index >= 15 is 0 Å². The number of thiocarbonyl (C=S) groups is 1. The van der Waals surface area contributed by atoms with Crippen LogP contribution in [0.5, 0.6) is 0 Å². The molecule has 88 valence electrons. The Labute approximate surface area is 97.8 Å². The Morgan fingerprint density at radius 3 is 2.40 bits per heavy atom. The van der Waals surface area contributed by atoms with E-state index in [-0.39, 0.29) is 10.9 Å². The summed E-state index contributed by atoms with van der Waals surface area (Å²) in [5.74, 6) is 0.587. The van der Waals surface area contributed by atoms with Crippen LogP contribution in [0.25, 0.3) is 0 Å². The van der Waals surface area contributed by atoms with Crippen LogP contribution in [0.4, 0.5) is 0 Å². The first-order valence-corrected chi connectivity index (χ1v) is 5.77. The van der Waals surface area contributed by atoms with E-state index in [4.69, 9.17) is 18.0 Å². The van der Waals surface area contributed by atoms with Gasteiger partial charge in [-0.3, -0.25) is 4.79 Å². The molecule has 0 atom stereocenters. The third-order valence-corrected chi connectivity index (χ3v) is 2.94. The molecule has 0 heterocycles. The second-order valence-corrected chi connectivity index (χ2v) is 5.22. The number of nitrogens with two attached hydrogens (primary N) is 1. The molecule has 0 aromatic rings. The van der Waals surface area contributed by atoms with Crippen LogP contribution < -0.4 is 11.1 Å². The van der Waals surface area contributed by atoms with Crippen molar-refractivity contribution in [1.82, 2.24) is 5.32 Å². The molecule has 0 spiro atoms. The van der Waals surface area contributed by atoms with Crippen molar-refractivity contribution in [2.45, 2.75) is 40.5 Å². The first-order valence-electron chi connectivity index (χ1n) is 5.36. The van der Waals surface area contributed by atoms with Crippen LogP contribution in [0.3, 0.4) is 0 Å². The predicted molar refractivity (Wildman–Crippen MR) is 67.6 cm³/mol. The molecule has 0 bridgehead atoms. The summed E-state index contributed by atoms with van der Waals surface area (Å²) in [4.78, 5) is 11.9. The fourth-order valence-electron chi connectivity index (χ4n) is 1.05. The van der Waals surface area contributed by atoms with Gasteiger partial charge in [0.05, 0.1) is 10.4 Å². The molecule has 0 fully saturated rings. The van der Waals surface area contributed by atoms with E-state index in [1.165, 1.54) is 0 Å². The summed E-state index contributed by atoms with van der Waals surface area (Å²) in [5, 5.41) is 2.85. The van der Waals surface area contributed by atoms with E-state index in [0.717, 1.165) is 12.8 Å². The van der Waals surface area contributed by atoms with Crippen LogP contribution in [0.15, 0.2) is 0 Å². The molecule has 15 heavy (non-hydrogen) atoms. The Morgan fingerprint density at radius 1 is 1.47 bits per heavy atom. The highest BCUT2D eigenvalue weighted by molar-refractivity contribution is 7.80. The normalized spacial score (nSPS) is 11.5. The van der Waals surface area contributed by atoms with Crippen LogP contribution in [0.2, 0.25) is 0 Å². The summed E-state index contributed by atoms with van der Waals surface area (Å²) in [7, 11) is 0. The number of hydrogen-bond acceptors (Lipinski definition) is 2. The highest BCUT2D eigenvalue weighted by Crippen LogP contribution is 2.15. The van der Waals surface area contributed by atoms with Crippen LogP contribution in [-0.2, 0) is 4.79 Å². The number of hydrogen-bond donors (Lipinski definition) is 2. The van der Waals surface area contributed by atoms with E-state index in [1.54, 1.807) is 13.8 Å². The lowest BCUT2D eigenvalue weighted by molar-refractivity contribution is -0.126. The molecule has 3 N–H and O–H groups in total. The van der Waals surface area contributed by atoms with Crippen LogP contribution in [-0.4, -0.2) is 17.4 Å². The smallest absolute Gasteiger partial charge is 0.232 e. The summed E-state index contributed by atoms with van der Waals surface area (Å²) >= 11 is 4.85. The summed E-state index contributed by atoms with van der Waals surface area (Å²) in [5.41, 5.74) is 4.75. The minimum absolute atomic E-state index is 0.0845. The number of carbonyl (C=O) groups excluding carboxylic acids is 1. The van der Waals surface area contributed by atoms with Crippen molar-refractivity contribution in [3.63, 3.8) is 0 Å². The quantitative estimate of drug-likeness (QED) is 0.541. The number of rotatable bonds is 6. The van der Waals surface area contributed by atoms with Gasteiger partial charge in [-0.05, 0) is 32.6 Å². The van der Waals surface area contributed by atoms with Crippen LogP contribution >= 0.6 is 12.2 Å². The molecule has 1 amide bonds. The zero-order valence-electron chi connectivity index (χ0n) is 10.1. The molecule has 0 aromatic heterocycles. The molecule has 0 saturated carbocycles. The van der Waals surface area contributed by atoms with Crippen LogP contribution in [0.1, 0.15) is 40.5 Å². The highest BCUT2D eigenvalue weighted by Gasteiger charge is 2.30. The van der Waals surface area contributed by atoms with E-state index in [9.17, 15) is 4.79 Å². The van der Waals surface area contributed by atoms with Gasteiger partial charge >= 0.3 is 0 Å². The van der Waals surface area contributed by atoms with Gasteiger partial charge in [0.15, 0.2) is 0 Å². The lowest BCUT2D eigenvalue weighted by Gasteiger charge is -2.21. The van der Waals surface area contributed by atoms with E-state index in [2.05, 4.69) is 19.2 Å². The topological polar surface area (TPSA) is 55.1 Å². The van der Waals surface area contributed by atoms with Crippen molar-refractivity contribution in [2.24, 2.45) is 17.1 Å². The second kappa shape index (κ2) is 6.05. The fourth-order valence-corrected chi connectivity index (χ4v) is 1.14. The minimum Gasteiger partial charge on any atom is -0.392 e. The molecular formula is C11H22N2OS. The van der Waals surface area contributed by atoms with Crippen molar-refractivity contribution in [2.75, 3.05) is 6.54 Å². The number of carbonyl (C=O) groups is 1. The summed E-state index contributed by atoms with van der Waals surface area (Å²) in [6, 6.07) is 0. The van der Waals surface area contributed by atoms with Crippen molar-refractivity contribution in [3.8, 4) is 0 Å². The predicted octanol–water partition coefficient (Wildman–Crippen LogP) is 1.85. The van der Waals surface area contributed by atoms with E-state index in [1.807, 2.05) is 0 Å². The van der Waals surface area contributed by atoms with Gasteiger partial charge in [-0.1, -0.05) is 26.1 Å². The largest absolute Gasteiger partial charge is 0.392 e. The third-order valence-electron chi connectivity index (χ3n) is 2.43. The first kappa shape index (κ1) is 14.4. The van der Waals surface area contributed by atoms with Crippen LogP contribution in [0, 0.1) is 11.3 Å².